The molecule has 1 amide bonds. The van der Waals surface area contributed by atoms with E-state index >= 15 is 0 Å². The Morgan fingerprint density at radius 3 is 2.26 bits per heavy atom. The highest BCUT2D eigenvalue weighted by Crippen LogP contribution is 2.03. The monoisotopic (exact) mass is 275 g/mol. The van der Waals surface area contributed by atoms with Crippen molar-refractivity contribution in [3.63, 3.8) is 0 Å². The normalized spacial score (nSPS) is 10.5. The van der Waals surface area contributed by atoms with Crippen molar-refractivity contribution in [2.45, 2.75) is 45.8 Å². The lowest BCUT2D eigenvalue weighted by molar-refractivity contribution is -0.142. The summed E-state index contributed by atoms with van der Waals surface area (Å²) in [5.41, 5.74) is 0. The maximum Gasteiger partial charge on any atom is 0.306 e. The molecule has 0 saturated heterocycles. The third-order valence-electron chi connectivity index (χ3n) is 2.43. The summed E-state index contributed by atoms with van der Waals surface area (Å²) in [6, 6.07) is 0. The van der Waals surface area contributed by atoms with Crippen LogP contribution in [0.25, 0.3) is 0 Å². The lowest BCUT2D eigenvalue weighted by Gasteiger charge is -2.16. The number of hydrogen-bond donors (Lipinski definition) is 1. The lowest BCUT2D eigenvalue weighted by atomic mass is 10.2. The molecule has 6 nitrogen and oxygen atoms in total. The van der Waals surface area contributed by atoms with E-state index in [0.29, 0.717) is 19.8 Å². The molecule has 6 heteroatoms. The Morgan fingerprint density at radius 2 is 1.74 bits per heavy atom. The fourth-order valence-electron chi connectivity index (χ4n) is 1.49. The number of carbonyl (C=O) groups excluding carboxylic acids is 2. The van der Waals surface area contributed by atoms with E-state index in [1.807, 2.05) is 13.8 Å². The van der Waals surface area contributed by atoms with E-state index in [0.717, 1.165) is 12.8 Å². The van der Waals surface area contributed by atoms with Gasteiger partial charge in [-0.1, -0.05) is 0 Å². The molecular weight excluding hydrogens is 250 g/mol. The summed E-state index contributed by atoms with van der Waals surface area (Å²) in [6.07, 6.45) is 1.57. The molecule has 0 spiro atoms. The Hall–Kier alpha value is -1.14. The fourth-order valence-corrected chi connectivity index (χ4v) is 1.49. The Kier molecular flexibility index (Phi) is 11.2. The minimum Gasteiger partial charge on any atom is -0.469 e. The Morgan fingerprint density at radius 1 is 1.11 bits per heavy atom. The first-order chi connectivity index (χ1) is 9.13. The van der Waals surface area contributed by atoms with Gasteiger partial charge in [0.25, 0.3) is 0 Å². The molecule has 0 aliphatic heterocycles. The summed E-state index contributed by atoms with van der Waals surface area (Å²) >= 11 is 0. The van der Waals surface area contributed by atoms with Gasteiger partial charge in [0.05, 0.1) is 13.5 Å². The fraction of sp³-hybridized carbons (Fsp3) is 0.846. The van der Waals surface area contributed by atoms with Crippen molar-refractivity contribution in [3.05, 3.63) is 0 Å². The van der Waals surface area contributed by atoms with E-state index < -0.39 is 0 Å². The molecule has 0 bridgehead atoms. The summed E-state index contributed by atoms with van der Waals surface area (Å²) in [6.45, 7) is 5.60. The predicted octanol–water partition coefficient (Wildman–Crippen LogP) is 1.24. The van der Waals surface area contributed by atoms with E-state index in [2.05, 4.69) is 10.1 Å². The molecule has 0 unspecified atom stereocenters. The number of hydrogen-bond acceptors (Lipinski definition) is 5. The number of esters is 1. The molecule has 0 aliphatic carbocycles. The van der Waals surface area contributed by atoms with E-state index in [9.17, 15) is 9.59 Å². The zero-order valence-electron chi connectivity index (χ0n) is 12.1. The molecule has 0 fully saturated rings. The topological polar surface area (TPSA) is 73.9 Å². The molecule has 0 aromatic rings. The van der Waals surface area contributed by atoms with Gasteiger partial charge in [0.15, 0.2) is 6.29 Å². The van der Waals surface area contributed by atoms with Crippen molar-refractivity contribution in [2.24, 2.45) is 0 Å². The van der Waals surface area contributed by atoms with Gasteiger partial charge < -0.3 is 19.5 Å². The van der Waals surface area contributed by atoms with Crippen LogP contribution in [0.4, 0.5) is 0 Å². The van der Waals surface area contributed by atoms with E-state index in [4.69, 9.17) is 9.47 Å². The highest BCUT2D eigenvalue weighted by atomic mass is 16.7. The van der Waals surface area contributed by atoms with Gasteiger partial charge in [-0.3, -0.25) is 9.59 Å². The van der Waals surface area contributed by atoms with Crippen molar-refractivity contribution in [1.82, 2.24) is 5.32 Å². The Balaban J connectivity index is 3.60. The SMILES string of the molecule is CCOC(CCCNC(=O)CCC(=O)OC)OCC. The number of ether oxygens (including phenoxy) is 3. The number of nitrogens with one attached hydrogen (secondary N) is 1. The minimum atomic E-state index is -0.372. The molecule has 0 aromatic carbocycles. The Labute approximate surface area is 114 Å². The molecule has 0 aliphatic rings. The van der Waals surface area contributed by atoms with Crippen molar-refractivity contribution < 1.29 is 23.8 Å². The quantitative estimate of drug-likeness (QED) is 0.349. The van der Waals surface area contributed by atoms with Crippen LogP contribution in [0, 0.1) is 0 Å². The first-order valence-corrected chi connectivity index (χ1v) is 6.70. The summed E-state index contributed by atoms with van der Waals surface area (Å²) in [7, 11) is 1.31. The van der Waals surface area contributed by atoms with Gasteiger partial charge in [0, 0.05) is 32.6 Å². The van der Waals surface area contributed by atoms with Crippen molar-refractivity contribution >= 4 is 11.9 Å². The van der Waals surface area contributed by atoms with Crippen LogP contribution in [0.3, 0.4) is 0 Å². The average molecular weight is 275 g/mol. The molecule has 0 rings (SSSR count). The smallest absolute Gasteiger partial charge is 0.306 e. The maximum atomic E-state index is 11.4. The van der Waals surface area contributed by atoms with Crippen LogP contribution in [0.1, 0.15) is 39.5 Å². The molecule has 0 aromatic heterocycles. The van der Waals surface area contributed by atoms with Crippen LogP contribution in [0.2, 0.25) is 0 Å². The molecule has 0 atom stereocenters. The number of carbonyl (C=O) groups is 2. The summed E-state index contributed by atoms with van der Waals surface area (Å²) in [5, 5.41) is 2.74. The molecule has 0 saturated carbocycles. The summed E-state index contributed by atoms with van der Waals surface area (Å²) in [4.78, 5) is 22.2. The van der Waals surface area contributed by atoms with Gasteiger partial charge in [0.2, 0.25) is 5.91 Å². The van der Waals surface area contributed by atoms with Crippen LogP contribution >= 0.6 is 0 Å². The molecular formula is C13H25NO5. The van der Waals surface area contributed by atoms with Gasteiger partial charge in [0.1, 0.15) is 0 Å². The van der Waals surface area contributed by atoms with E-state index in [-0.39, 0.29) is 31.0 Å². The summed E-state index contributed by atoms with van der Waals surface area (Å²) < 4.78 is 15.2. The van der Waals surface area contributed by atoms with Crippen LogP contribution in [-0.4, -0.2) is 45.0 Å². The summed E-state index contributed by atoms with van der Waals surface area (Å²) in [5.74, 6) is -0.516. The first-order valence-electron chi connectivity index (χ1n) is 6.70. The minimum absolute atomic E-state index is 0.114. The molecule has 0 heterocycles. The van der Waals surface area contributed by atoms with Crippen LogP contribution < -0.4 is 5.32 Å². The maximum absolute atomic E-state index is 11.4. The van der Waals surface area contributed by atoms with Crippen molar-refractivity contribution in [3.8, 4) is 0 Å². The zero-order chi connectivity index (χ0) is 14.5. The van der Waals surface area contributed by atoms with Gasteiger partial charge in [-0.25, -0.2) is 0 Å². The van der Waals surface area contributed by atoms with Crippen LogP contribution in [0.15, 0.2) is 0 Å². The average Bonchev–Trinajstić information content (AvgIpc) is 2.41. The van der Waals surface area contributed by atoms with Crippen LogP contribution in [-0.2, 0) is 23.8 Å². The molecule has 1 N–H and O–H groups in total. The third-order valence-corrected chi connectivity index (χ3v) is 2.43. The van der Waals surface area contributed by atoms with Gasteiger partial charge in [-0.2, -0.15) is 0 Å². The van der Waals surface area contributed by atoms with Crippen molar-refractivity contribution in [1.29, 1.82) is 0 Å². The zero-order valence-corrected chi connectivity index (χ0v) is 12.1. The van der Waals surface area contributed by atoms with Gasteiger partial charge in [-0.05, 0) is 20.3 Å². The second-order valence-corrected chi connectivity index (χ2v) is 3.91. The standard InChI is InChI=1S/C13H25NO5/c1-4-18-13(19-5-2)7-6-10-14-11(15)8-9-12(16)17-3/h13H,4-10H2,1-3H3,(H,14,15). The lowest BCUT2D eigenvalue weighted by Crippen LogP contribution is -2.26. The molecule has 112 valence electrons. The predicted molar refractivity (Wildman–Crippen MR) is 70.5 cm³/mol. The van der Waals surface area contributed by atoms with Crippen LogP contribution in [0.5, 0.6) is 0 Å². The number of amides is 1. The van der Waals surface area contributed by atoms with Gasteiger partial charge >= 0.3 is 5.97 Å². The van der Waals surface area contributed by atoms with E-state index in [1.165, 1.54) is 7.11 Å². The van der Waals surface area contributed by atoms with Crippen molar-refractivity contribution in [2.75, 3.05) is 26.9 Å². The second kappa shape index (κ2) is 11.9. The molecule has 19 heavy (non-hydrogen) atoms. The highest BCUT2D eigenvalue weighted by Gasteiger charge is 2.09. The first kappa shape index (κ1) is 17.9. The number of methoxy groups -OCH3 is 1. The third kappa shape index (κ3) is 10.5. The van der Waals surface area contributed by atoms with Gasteiger partial charge in [-0.15, -0.1) is 0 Å². The Bertz CT molecular complexity index is 251. The molecule has 0 radical (unpaired) electrons. The van der Waals surface area contributed by atoms with E-state index in [1.54, 1.807) is 0 Å². The second-order valence-electron chi connectivity index (χ2n) is 3.91. The number of rotatable bonds is 11. The highest BCUT2D eigenvalue weighted by molar-refractivity contribution is 5.81. The largest absolute Gasteiger partial charge is 0.469 e.